The van der Waals surface area contributed by atoms with Crippen molar-refractivity contribution < 1.29 is 14.2 Å². The third kappa shape index (κ3) is 3.78. The number of benzene rings is 1. The lowest BCUT2D eigenvalue weighted by molar-refractivity contribution is 0.349. The fourth-order valence-corrected chi connectivity index (χ4v) is 3.30. The van der Waals surface area contributed by atoms with E-state index in [9.17, 15) is 0 Å². The Hall–Kier alpha value is -2.65. The average Bonchev–Trinajstić information content (AvgIpc) is 3.29. The van der Waals surface area contributed by atoms with Gasteiger partial charge in [-0.3, -0.25) is 5.10 Å². The van der Waals surface area contributed by atoms with Crippen LogP contribution in [0.25, 0.3) is 0 Å². The molecule has 3 aromatic rings. The zero-order valence-corrected chi connectivity index (χ0v) is 16.2. The molecule has 1 aromatic carbocycles. The smallest absolute Gasteiger partial charge is 0.216 e. The van der Waals surface area contributed by atoms with Crippen LogP contribution in [0.3, 0.4) is 0 Å². The van der Waals surface area contributed by atoms with E-state index in [0.717, 1.165) is 11.4 Å². The number of methoxy groups -OCH3 is 3. The number of nitrogens with zero attached hydrogens (tertiary/aromatic N) is 3. The van der Waals surface area contributed by atoms with Crippen LogP contribution in [0.1, 0.15) is 16.3 Å². The molecule has 9 heteroatoms. The van der Waals surface area contributed by atoms with Gasteiger partial charge < -0.3 is 14.2 Å². The number of ether oxygens (including phenoxy) is 3. The molecule has 3 rings (SSSR count). The van der Waals surface area contributed by atoms with Gasteiger partial charge in [0.2, 0.25) is 4.77 Å². The van der Waals surface area contributed by atoms with Crippen molar-refractivity contribution in [2.24, 2.45) is 5.10 Å². The Labute approximate surface area is 159 Å². The molecule has 0 saturated carbocycles. The quantitative estimate of drug-likeness (QED) is 0.494. The maximum absolute atomic E-state index is 5.42. The van der Waals surface area contributed by atoms with Gasteiger partial charge in [-0.15, -0.1) is 11.3 Å². The predicted octanol–water partition coefficient (Wildman–Crippen LogP) is 3.50. The van der Waals surface area contributed by atoms with Crippen molar-refractivity contribution >= 4 is 29.8 Å². The zero-order chi connectivity index (χ0) is 18.5. The van der Waals surface area contributed by atoms with Crippen LogP contribution < -0.4 is 14.2 Å². The molecule has 136 valence electrons. The van der Waals surface area contributed by atoms with Gasteiger partial charge in [-0.2, -0.15) is 14.9 Å². The average molecular weight is 390 g/mol. The molecule has 0 amide bonds. The van der Waals surface area contributed by atoms with Crippen LogP contribution in [0.4, 0.5) is 0 Å². The Morgan fingerprint density at radius 1 is 1.19 bits per heavy atom. The van der Waals surface area contributed by atoms with E-state index in [0.29, 0.717) is 28.4 Å². The normalized spacial score (nSPS) is 11.0. The second-order valence-electron chi connectivity index (χ2n) is 5.21. The molecule has 0 radical (unpaired) electrons. The molecule has 2 aromatic heterocycles. The first-order valence-corrected chi connectivity index (χ1v) is 8.98. The summed E-state index contributed by atoms with van der Waals surface area (Å²) >= 11 is 6.95. The van der Waals surface area contributed by atoms with Gasteiger partial charge in [0.15, 0.2) is 17.3 Å². The van der Waals surface area contributed by atoms with Crippen LogP contribution in [-0.2, 0) is 6.42 Å². The highest BCUT2D eigenvalue weighted by Gasteiger charge is 2.11. The van der Waals surface area contributed by atoms with Crippen molar-refractivity contribution in [3.63, 3.8) is 0 Å². The molecule has 0 saturated heterocycles. The number of hydrogen-bond donors (Lipinski definition) is 1. The molecule has 26 heavy (non-hydrogen) atoms. The summed E-state index contributed by atoms with van der Waals surface area (Å²) in [5.41, 5.74) is 0.732. The Kier molecular flexibility index (Phi) is 5.69. The van der Waals surface area contributed by atoms with Gasteiger partial charge in [-0.05, 0) is 29.7 Å². The maximum atomic E-state index is 5.42. The van der Waals surface area contributed by atoms with Gasteiger partial charge in [-0.25, -0.2) is 0 Å². The molecule has 0 unspecified atom stereocenters. The lowest BCUT2D eigenvalue weighted by Gasteiger charge is -2.11. The standard InChI is InChI=1S/C17H18N4O3S2/c1-22-13-9-15(24-3)14(23-2)7-11(13)10-18-21-16(19-20-17(21)25)8-12-5-4-6-26-12/h4-7,9-10H,8H2,1-3H3,(H,20,25)/b18-10-. The predicted molar refractivity (Wildman–Crippen MR) is 104 cm³/mol. The van der Waals surface area contributed by atoms with Crippen LogP contribution >= 0.6 is 23.6 Å². The highest BCUT2D eigenvalue weighted by atomic mass is 32.1. The molecule has 0 aliphatic rings. The highest BCUT2D eigenvalue weighted by Crippen LogP contribution is 2.33. The zero-order valence-electron chi connectivity index (χ0n) is 14.6. The molecule has 0 bridgehead atoms. The van der Waals surface area contributed by atoms with E-state index in [1.54, 1.807) is 55.7 Å². The van der Waals surface area contributed by atoms with Crippen molar-refractivity contribution in [1.29, 1.82) is 0 Å². The molecular formula is C17H18N4O3S2. The van der Waals surface area contributed by atoms with Gasteiger partial charge in [0.1, 0.15) is 5.75 Å². The second-order valence-corrected chi connectivity index (χ2v) is 6.63. The van der Waals surface area contributed by atoms with E-state index in [2.05, 4.69) is 15.3 Å². The highest BCUT2D eigenvalue weighted by molar-refractivity contribution is 7.71. The van der Waals surface area contributed by atoms with E-state index in [1.807, 2.05) is 17.5 Å². The minimum absolute atomic E-state index is 0.423. The summed E-state index contributed by atoms with van der Waals surface area (Å²) in [6.07, 6.45) is 2.30. The summed E-state index contributed by atoms with van der Waals surface area (Å²) in [7, 11) is 4.74. The Bertz CT molecular complexity index is 961. The van der Waals surface area contributed by atoms with Gasteiger partial charge in [0.25, 0.3) is 0 Å². The Morgan fingerprint density at radius 3 is 2.58 bits per heavy atom. The molecule has 2 heterocycles. The van der Waals surface area contributed by atoms with Gasteiger partial charge >= 0.3 is 0 Å². The van der Waals surface area contributed by atoms with Crippen molar-refractivity contribution in [3.05, 3.63) is 50.7 Å². The van der Waals surface area contributed by atoms with Crippen molar-refractivity contribution in [2.75, 3.05) is 21.3 Å². The summed E-state index contributed by atoms with van der Waals surface area (Å²) in [5.74, 6) is 2.51. The van der Waals surface area contributed by atoms with E-state index in [-0.39, 0.29) is 0 Å². The van der Waals surface area contributed by atoms with E-state index in [4.69, 9.17) is 26.4 Å². The van der Waals surface area contributed by atoms with E-state index >= 15 is 0 Å². The number of H-pyrrole nitrogens is 1. The lowest BCUT2D eigenvalue weighted by Crippen LogP contribution is -2.01. The third-order valence-electron chi connectivity index (χ3n) is 3.68. The monoisotopic (exact) mass is 390 g/mol. The number of aromatic nitrogens is 3. The first kappa shape index (κ1) is 18.2. The van der Waals surface area contributed by atoms with Crippen LogP contribution in [0.2, 0.25) is 0 Å². The van der Waals surface area contributed by atoms with Gasteiger partial charge in [0.05, 0.1) is 27.5 Å². The summed E-state index contributed by atoms with van der Waals surface area (Å²) in [5, 5.41) is 13.6. The molecular weight excluding hydrogens is 372 g/mol. The minimum atomic E-state index is 0.423. The summed E-state index contributed by atoms with van der Waals surface area (Å²) < 4.78 is 18.1. The Balaban J connectivity index is 1.95. The summed E-state index contributed by atoms with van der Waals surface area (Å²) in [4.78, 5) is 1.18. The lowest BCUT2D eigenvalue weighted by atomic mass is 10.2. The fourth-order valence-electron chi connectivity index (χ4n) is 2.40. The van der Waals surface area contributed by atoms with Crippen LogP contribution in [0, 0.1) is 4.77 Å². The maximum Gasteiger partial charge on any atom is 0.216 e. The van der Waals surface area contributed by atoms with Crippen molar-refractivity contribution in [2.45, 2.75) is 6.42 Å². The van der Waals surface area contributed by atoms with Crippen LogP contribution in [-0.4, -0.2) is 42.4 Å². The summed E-state index contributed by atoms with van der Waals surface area (Å²) in [6.45, 7) is 0. The summed E-state index contributed by atoms with van der Waals surface area (Å²) in [6, 6.07) is 7.60. The topological polar surface area (TPSA) is 73.7 Å². The Morgan fingerprint density at radius 2 is 1.92 bits per heavy atom. The number of nitrogens with one attached hydrogen (secondary N) is 1. The molecule has 0 aliphatic carbocycles. The fraction of sp³-hybridized carbons (Fsp3) is 0.235. The largest absolute Gasteiger partial charge is 0.496 e. The number of aromatic amines is 1. The third-order valence-corrected chi connectivity index (χ3v) is 4.82. The SMILES string of the molecule is COc1cc(OC)c(OC)cc1/C=N\n1c(Cc2cccs2)n[nH]c1=S. The van der Waals surface area contributed by atoms with Gasteiger partial charge in [0, 0.05) is 22.9 Å². The van der Waals surface area contributed by atoms with Gasteiger partial charge in [-0.1, -0.05) is 6.07 Å². The first-order chi connectivity index (χ1) is 12.7. The molecule has 0 aliphatic heterocycles. The number of thiophene rings is 1. The van der Waals surface area contributed by atoms with Crippen molar-refractivity contribution in [3.8, 4) is 17.2 Å². The molecule has 7 nitrogen and oxygen atoms in total. The van der Waals surface area contributed by atoms with Crippen LogP contribution in [0.15, 0.2) is 34.7 Å². The molecule has 1 N–H and O–H groups in total. The molecule has 0 fully saturated rings. The van der Waals surface area contributed by atoms with E-state index < -0.39 is 0 Å². The number of hydrogen-bond acceptors (Lipinski definition) is 7. The first-order valence-electron chi connectivity index (χ1n) is 7.69. The van der Waals surface area contributed by atoms with Crippen molar-refractivity contribution in [1.82, 2.24) is 14.9 Å². The molecule has 0 spiro atoms. The molecule has 0 atom stereocenters. The van der Waals surface area contributed by atoms with Crippen LogP contribution in [0.5, 0.6) is 17.2 Å². The minimum Gasteiger partial charge on any atom is -0.496 e. The number of rotatable bonds is 7. The van der Waals surface area contributed by atoms with E-state index in [1.165, 1.54) is 4.88 Å². The second kappa shape index (κ2) is 8.15.